The predicted molar refractivity (Wildman–Crippen MR) is 134 cm³/mol. The number of aliphatic carboxylic acids is 1. The van der Waals surface area contributed by atoms with Crippen LogP contribution in [-0.4, -0.2) is 34.2 Å². The Labute approximate surface area is 207 Å². The summed E-state index contributed by atoms with van der Waals surface area (Å²) < 4.78 is 11.5. The second-order valence-electron chi connectivity index (χ2n) is 11.8. The summed E-state index contributed by atoms with van der Waals surface area (Å²) in [5.41, 5.74) is -0.795. The standard InChI is InChI=1S/C29H36O6/c1-26(2,3)34-24(32)29(25(33)35-27(4,5)6)16-21-14-13-20(19-11-9-8-10-12-19)15-22(21)28(7,18-29)17-23(30)31/h8-15H,16-18H2,1-7H3,(H,30,31). The van der Waals surface area contributed by atoms with Gasteiger partial charge >= 0.3 is 17.9 Å². The molecule has 6 nitrogen and oxygen atoms in total. The molecule has 0 bridgehead atoms. The van der Waals surface area contributed by atoms with Crippen molar-refractivity contribution in [2.24, 2.45) is 5.41 Å². The summed E-state index contributed by atoms with van der Waals surface area (Å²) in [4.78, 5) is 39.3. The van der Waals surface area contributed by atoms with E-state index in [9.17, 15) is 19.5 Å². The summed E-state index contributed by atoms with van der Waals surface area (Å²) in [6.07, 6.45) is -0.191. The van der Waals surface area contributed by atoms with E-state index in [1.165, 1.54) is 0 Å². The molecule has 0 spiro atoms. The molecular formula is C29H36O6. The van der Waals surface area contributed by atoms with Gasteiger partial charge in [-0.15, -0.1) is 0 Å². The molecule has 1 aliphatic carbocycles. The molecule has 1 N–H and O–H groups in total. The maximum Gasteiger partial charge on any atom is 0.324 e. The molecule has 0 radical (unpaired) electrons. The van der Waals surface area contributed by atoms with E-state index in [1.54, 1.807) is 48.5 Å². The van der Waals surface area contributed by atoms with Gasteiger partial charge in [0.05, 0.1) is 6.42 Å². The minimum Gasteiger partial charge on any atom is -0.481 e. The number of carbonyl (C=O) groups excluding carboxylic acids is 2. The highest BCUT2D eigenvalue weighted by Crippen LogP contribution is 2.51. The molecule has 0 aliphatic heterocycles. The van der Waals surface area contributed by atoms with Crippen molar-refractivity contribution in [3.8, 4) is 11.1 Å². The van der Waals surface area contributed by atoms with Crippen LogP contribution in [0.3, 0.4) is 0 Å². The van der Waals surface area contributed by atoms with E-state index in [-0.39, 0.29) is 19.3 Å². The fourth-order valence-electron chi connectivity index (χ4n) is 4.87. The Kier molecular flexibility index (Phi) is 6.91. The molecule has 6 heteroatoms. The molecule has 1 unspecified atom stereocenters. The number of ether oxygens (including phenoxy) is 2. The van der Waals surface area contributed by atoms with Crippen LogP contribution in [0.5, 0.6) is 0 Å². The van der Waals surface area contributed by atoms with Crippen molar-refractivity contribution in [2.75, 3.05) is 0 Å². The quantitative estimate of drug-likeness (QED) is 0.436. The molecule has 1 aliphatic rings. The monoisotopic (exact) mass is 480 g/mol. The van der Waals surface area contributed by atoms with Gasteiger partial charge in [0.25, 0.3) is 0 Å². The summed E-state index contributed by atoms with van der Waals surface area (Å²) in [6, 6.07) is 15.6. The number of esters is 2. The molecule has 0 aromatic heterocycles. The second-order valence-corrected chi connectivity index (χ2v) is 11.8. The summed E-state index contributed by atoms with van der Waals surface area (Å²) >= 11 is 0. The average molecular weight is 481 g/mol. The van der Waals surface area contributed by atoms with Crippen LogP contribution < -0.4 is 0 Å². The Balaban J connectivity index is 2.20. The van der Waals surface area contributed by atoms with Crippen molar-refractivity contribution in [1.29, 1.82) is 0 Å². The van der Waals surface area contributed by atoms with Gasteiger partial charge < -0.3 is 14.6 Å². The topological polar surface area (TPSA) is 89.9 Å². The number of benzene rings is 2. The predicted octanol–water partition coefficient (Wildman–Crippen LogP) is 5.70. The molecule has 35 heavy (non-hydrogen) atoms. The number of fused-ring (bicyclic) bond motifs is 1. The Bertz CT molecular complexity index is 1090. The minimum absolute atomic E-state index is 0.0264. The van der Waals surface area contributed by atoms with Gasteiger partial charge in [0.2, 0.25) is 0 Å². The average Bonchev–Trinajstić information content (AvgIpc) is 2.70. The van der Waals surface area contributed by atoms with Crippen LogP contribution in [0.15, 0.2) is 48.5 Å². The van der Waals surface area contributed by atoms with Gasteiger partial charge in [-0.3, -0.25) is 14.4 Å². The third kappa shape index (κ3) is 5.92. The van der Waals surface area contributed by atoms with Gasteiger partial charge in [-0.2, -0.15) is 0 Å². The normalized spacial score (nSPS) is 19.4. The van der Waals surface area contributed by atoms with E-state index in [4.69, 9.17) is 9.47 Å². The number of hydrogen-bond acceptors (Lipinski definition) is 5. The smallest absolute Gasteiger partial charge is 0.324 e. The lowest BCUT2D eigenvalue weighted by molar-refractivity contribution is -0.188. The third-order valence-corrected chi connectivity index (χ3v) is 6.17. The molecule has 188 valence electrons. The highest BCUT2D eigenvalue weighted by Gasteiger charge is 2.58. The van der Waals surface area contributed by atoms with Crippen LogP contribution in [0, 0.1) is 5.41 Å². The first-order chi connectivity index (χ1) is 16.0. The Morgan fingerprint density at radius 2 is 1.40 bits per heavy atom. The van der Waals surface area contributed by atoms with Crippen molar-refractivity contribution in [1.82, 2.24) is 0 Å². The Hall–Kier alpha value is -3.15. The van der Waals surface area contributed by atoms with Crippen LogP contribution in [0.25, 0.3) is 11.1 Å². The summed E-state index contributed by atoms with van der Waals surface area (Å²) in [5.74, 6) is -2.38. The largest absolute Gasteiger partial charge is 0.481 e. The highest BCUT2D eigenvalue weighted by atomic mass is 16.6. The van der Waals surface area contributed by atoms with Gasteiger partial charge in [0.1, 0.15) is 11.2 Å². The van der Waals surface area contributed by atoms with Gasteiger partial charge in [-0.05, 0) is 76.6 Å². The summed E-state index contributed by atoms with van der Waals surface area (Å²) in [5, 5.41) is 9.83. The number of rotatable bonds is 5. The Morgan fingerprint density at radius 1 is 0.857 bits per heavy atom. The summed E-state index contributed by atoms with van der Waals surface area (Å²) in [6.45, 7) is 12.3. The molecule has 0 saturated carbocycles. The van der Waals surface area contributed by atoms with Gasteiger partial charge in [0.15, 0.2) is 5.41 Å². The number of carboxylic acids is 1. The van der Waals surface area contributed by atoms with Crippen LogP contribution in [0.1, 0.15) is 72.4 Å². The zero-order valence-electron chi connectivity index (χ0n) is 21.7. The SMILES string of the molecule is CC(C)(C)OC(=O)C1(C(=O)OC(C)(C)C)Cc2ccc(-c3ccccc3)cc2C(C)(CC(=O)O)C1. The molecule has 2 aromatic rings. The maximum absolute atomic E-state index is 13.7. The zero-order valence-corrected chi connectivity index (χ0v) is 21.7. The van der Waals surface area contributed by atoms with E-state index in [0.717, 1.165) is 22.3 Å². The first kappa shape index (κ1) is 26.5. The van der Waals surface area contributed by atoms with E-state index >= 15 is 0 Å². The van der Waals surface area contributed by atoms with Crippen molar-refractivity contribution in [3.05, 3.63) is 59.7 Å². The number of hydrogen-bond donors (Lipinski definition) is 1. The van der Waals surface area contributed by atoms with Gasteiger partial charge in [0, 0.05) is 5.41 Å². The third-order valence-electron chi connectivity index (χ3n) is 6.17. The van der Waals surface area contributed by atoms with E-state index in [0.29, 0.717) is 0 Å². The fraction of sp³-hybridized carbons (Fsp3) is 0.483. The fourth-order valence-corrected chi connectivity index (χ4v) is 4.87. The molecule has 0 fully saturated rings. The molecule has 0 saturated heterocycles. The second kappa shape index (κ2) is 9.14. The van der Waals surface area contributed by atoms with E-state index < -0.39 is 39.9 Å². The van der Waals surface area contributed by atoms with Crippen LogP contribution in [0.4, 0.5) is 0 Å². The summed E-state index contributed by atoms with van der Waals surface area (Å²) in [7, 11) is 0. The number of carbonyl (C=O) groups is 3. The molecule has 1 atom stereocenters. The van der Waals surface area contributed by atoms with Crippen molar-refractivity contribution in [2.45, 2.75) is 84.3 Å². The molecule has 2 aromatic carbocycles. The lowest BCUT2D eigenvalue weighted by Gasteiger charge is -2.45. The van der Waals surface area contributed by atoms with Gasteiger partial charge in [-0.25, -0.2) is 0 Å². The zero-order chi connectivity index (χ0) is 26.2. The van der Waals surface area contributed by atoms with Crippen LogP contribution in [0.2, 0.25) is 0 Å². The minimum atomic E-state index is -1.66. The highest BCUT2D eigenvalue weighted by molar-refractivity contribution is 6.01. The lowest BCUT2D eigenvalue weighted by atomic mass is 9.58. The van der Waals surface area contributed by atoms with Crippen LogP contribution in [-0.2, 0) is 35.7 Å². The molecule has 3 rings (SSSR count). The maximum atomic E-state index is 13.7. The van der Waals surface area contributed by atoms with Crippen molar-refractivity contribution >= 4 is 17.9 Å². The molecular weight excluding hydrogens is 444 g/mol. The van der Waals surface area contributed by atoms with Gasteiger partial charge in [-0.1, -0.05) is 55.5 Å². The lowest BCUT2D eigenvalue weighted by Crippen LogP contribution is -2.54. The van der Waals surface area contributed by atoms with Crippen molar-refractivity contribution < 1.29 is 29.0 Å². The number of carboxylic acid groups (broad SMARTS) is 1. The van der Waals surface area contributed by atoms with Crippen LogP contribution >= 0.6 is 0 Å². The van der Waals surface area contributed by atoms with E-state index in [2.05, 4.69) is 0 Å². The van der Waals surface area contributed by atoms with Crippen molar-refractivity contribution in [3.63, 3.8) is 0 Å². The molecule has 0 heterocycles. The Morgan fingerprint density at radius 3 is 1.89 bits per heavy atom. The molecule has 0 amide bonds. The first-order valence-electron chi connectivity index (χ1n) is 11.9. The van der Waals surface area contributed by atoms with E-state index in [1.807, 2.05) is 48.5 Å². The first-order valence-corrected chi connectivity index (χ1v) is 11.9.